The number of hydrogen-bond donors (Lipinski definition) is 1. The number of rotatable bonds is 7. The minimum Gasteiger partial charge on any atom is -0.324 e. The average molecular weight is 266 g/mol. The molecule has 2 unspecified atom stereocenters. The molecule has 2 atom stereocenters. The predicted molar refractivity (Wildman–Crippen MR) is 83.2 cm³/mol. The molecule has 3 heteroatoms. The highest BCUT2D eigenvalue weighted by Crippen LogP contribution is 2.16. The van der Waals surface area contributed by atoms with Crippen LogP contribution in [0.2, 0.25) is 0 Å². The summed E-state index contributed by atoms with van der Waals surface area (Å²) in [4.78, 5) is 2.39. The van der Waals surface area contributed by atoms with Crippen molar-refractivity contribution in [3.63, 3.8) is 0 Å². The van der Waals surface area contributed by atoms with Gasteiger partial charge in [0.05, 0.1) is 0 Å². The lowest BCUT2D eigenvalue weighted by Gasteiger charge is -2.25. The van der Waals surface area contributed by atoms with Crippen LogP contribution in [0, 0.1) is 6.92 Å². The molecule has 0 radical (unpaired) electrons. The van der Waals surface area contributed by atoms with Gasteiger partial charge in [0.15, 0.2) is 0 Å². The van der Waals surface area contributed by atoms with Crippen LogP contribution in [-0.4, -0.2) is 36.5 Å². The Labute approximate surface area is 116 Å². The normalized spacial score (nSPS) is 14.8. The van der Waals surface area contributed by atoms with Crippen LogP contribution in [0.15, 0.2) is 24.3 Å². The zero-order valence-electron chi connectivity index (χ0n) is 12.0. The van der Waals surface area contributed by atoms with E-state index in [1.807, 2.05) is 11.8 Å². The highest BCUT2D eigenvalue weighted by Gasteiger charge is 2.11. The van der Waals surface area contributed by atoms with Crippen LogP contribution in [0.25, 0.3) is 0 Å². The molecule has 0 saturated heterocycles. The number of aryl methyl sites for hydroxylation is 1. The van der Waals surface area contributed by atoms with E-state index in [1.165, 1.54) is 16.9 Å². The molecule has 0 aromatic heterocycles. The molecule has 1 rings (SSSR count). The average Bonchev–Trinajstić information content (AvgIpc) is 2.36. The zero-order chi connectivity index (χ0) is 13.5. The Kier molecular flexibility index (Phi) is 6.76. The Morgan fingerprint density at radius 2 is 1.89 bits per heavy atom. The molecule has 0 heterocycles. The molecule has 2 N–H and O–H groups in total. The molecule has 0 aliphatic rings. The maximum absolute atomic E-state index is 6.24. The third kappa shape index (κ3) is 5.01. The van der Waals surface area contributed by atoms with Crippen LogP contribution in [0.1, 0.15) is 30.5 Å². The highest BCUT2D eigenvalue weighted by atomic mass is 32.2. The molecule has 18 heavy (non-hydrogen) atoms. The molecule has 0 saturated carbocycles. The first kappa shape index (κ1) is 15.5. The van der Waals surface area contributed by atoms with Gasteiger partial charge in [0.25, 0.3) is 0 Å². The van der Waals surface area contributed by atoms with Crippen molar-refractivity contribution in [2.45, 2.75) is 32.4 Å². The van der Waals surface area contributed by atoms with E-state index in [1.54, 1.807) is 0 Å². The summed E-state index contributed by atoms with van der Waals surface area (Å²) >= 11 is 1.90. The Hall–Kier alpha value is -0.510. The fraction of sp³-hybridized carbons (Fsp3) is 0.600. The second kappa shape index (κ2) is 7.82. The fourth-order valence-corrected chi connectivity index (χ4v) is 2.65. The van der Waals surface area contributed by atoms with Gasteiger partial charge in [-0.05, 0) is 45.7 Å². The molecule has 1 aromatic rings. The molecule has 2 nitrogen and oxygen atoms in total. The Morgan fingerprint density at radius 1 is 1.28 bits per heavy atom. The number of benzene rings is 1. The molecule has 102 valence electrons. The first-order valence-electron chi connectivity index (χ1n) is 6.56. The monoisotopic (exact) mass is 266 g/mol. The van der Waals surface area contributed by atoms with Crippen LogP contribution in [0.4, 0.5) is 0 Å². The van der Waals surface area contributed by atoms with Gasteiger partial charge in [-0.1, -0.05) is 29.8 Å². The van der Waals surface area contributed by atoms with Crippen molar-refractivity contribution in [1.29, 1.82) is 0 Å². The van der Waals surface area contributed by atoms with Gasteiger partial charge < -0.3 is 10.6 Å². The summed E-state index contributed by atoms with van der Waals surface area (Å²) in [5.41, 5.74) is 8.77. The molecular weight excluding hydrogens is 240 g/mol. The van der Waals surface area contributed by atoms with E-state index in [0.29, 0.717) is 6.04 Å². The van der Waals surface area contributed by atoms with Gasteiger partial charge in [-0.15, -0.1) is 0 Å². The smallest absolute Gasteiger partial charge is 0.0307 e. The standard InChI is InChI=1S/C15H26N2S/c1-12-5-7-14(8-6-12)15(16)9-10-17(3)13(2)11-18-4/h5-8,13,15H,9-11,16H2,1-4H3. The molecular formula is C15H26N2S. The van der Waals surface area contributed by atoms with Crippen LogP contribution in [-0.2, 0) is 0 Å². The summed E-state index contributed by atoms with van der Waals surface area (Å²) in [7, 11) is 2.18. The summed E-state index contributed by atoms with van der Waals surface area (Å²) in [6.07, 6.45) is 3.17. The van der Waals surface area contributed by atoms with Crippen molar-refractivity contribution in [2.75, 3.05) is 25.6 Å². The van der Waals surface area contributed by atoms with E-state index in [2.05, 4.69) is 56.3 Å². The highest BCUT2D eigenvalue weighted by molar-refractivity contribution is 7.98. The van der Waals surface area contributed by atoms with Crippen LogP contribution in [0.5, 0.6) is 0 Å². The maximum Gasteiger partial charge on any atom is 0.0307 e. The minimum atomic E-state index is 0.148. The minimum absolute atomic E-state index is 0.148. The number of hydrogen-bond acceptors (Lipinski definition) is 3. The van der Waals surface area contributed by atoms with Gasteiger partial charge in [0.2, 0.25) is 0 Å². The quantitative estimate of drug-likeness (QED) is 0.822. The van der Waals surface area contributed by atoms with Gasteiger partial charge in [-0.2, -0.15) is 11.8 Å². The van der Waals surface area contributed by atoms with Gasteiger partial charge in [-0.3, -0.25) is 0 Å². The van der Waals surface area contributed by atoms with E-state index in [9.17, 15) is 0 Å². The van der Waals surface area contributed by atoms with E-state index in [-0.39, 0.29) is 6.04 Å². The molecule has 0 aliphatic carbocycles. The summed E-state index contributed by atoms with van der Waals surface area (Å²) in [6, 6.07) is 9.32. The van der Waals surface area contributed by atoms with Crippen LogP contribution in [0.3, 0.4) is 0 Å². The van der Waals surface area contributed by atoms with Crippen molar-refractivity contribution in [3.05, 3.63) is 35.4 Å². The summed E-state index contributed by atoms with van der Waals surface area (Å²) in [5.74, 6) is 1.18. The zero-order valence-corrected chi connectivity index (χ0v) is 12.8. The Bertz CT molecular complexity index is 337. The van der Waals surface area contributed by atoms with E-state index >= 15 is 0 Å². The van der Waals surface area contributed by atoms with Gasteiger partial charge in [0.1, 0.15) is 0 Å². The molecule has 0 spiro atoms. The van der Waals surface area contributed by atoms with E-state index in [0.717, 1.165) is 13.0 Å². The second-order valence-corrected chi connectivity index (χ2v) is 6.00. The van der Waals surface area contributed by atoms with Gasteiger partial charge >= 0.3 is 0 Å². The fourth-order valence-electron chi connectivity index (χ4n) is 1.91. The number of nitrogens with two attached hydrogens (primary N) is 1. The van der Waals surface area contributed by atoms with Crippen molar-refractivity contribution < 1.29 is 0 Å². The lowest BCUT2D eigenvalue weighted by atomic mass is 10.0. The molecule has 0 aliphatic heterocycles. The lowest BCUT2D eigenvalue weighted by Crippen LogP contribution is -2.33. The van der Waals surface area contributed by atoms with Crippen LogP contribution >= 0.6 is 11.8 Å². The second-order valence-electron chi connectivity index (χ2n) is 5.09. The largest absolute Gasteiger partial charge is 0.324 e. The topological polar surface area (TPSA) is 29.3 Å². The number of nitrogens with zero attached hydrogens (tertiary/aromatic N) is 1. The summed E-state index contributed by atoms with van der Waals surface area (Å²) in [5, 5.41) is 0. The van der Waals surface area contributed by atoms with Crippen molar-refractivity contribution >= 4 is 11.8 Å². The van der Waals surface area contributed by atoms with Crippen molar-refractivity contribution in [3.8, 4) is 0 Å². The van der Waals surface area contributed by atoms with Gasteiger partial charge in [0, 0.05) is 17.8 Å². The third-order valence-electron chi connectivity index (χ3n) is 3.46. The Morgan fingerprint density at radius 3 is 2.44 bits per heavy atom. The van der Waals surface area contributed by atoms with Gasteiger partial charge in [-0.25, -0.2) is 0 Å². The first-order valence-corrected chi connectivity index (χ1v) is 7.95. The van der Waals surface area contributed by atoms with Crippen molar-refractivity contribution in [2.24, 2.45) is 5.73 Å². The van der Waals surface area contributed by atoms with Crippen LogP contribution < -0.4 is 5.73 Å². The molecule has 1 aromatic carbocycles. The SMILES string of the molecule is CSCC(C)N(C)CCC(N)c1ccc(C)cc1. The van der Waals surface area contributed by atoms with E-state index in [4.69, 9.17) is 5.73 Å². The number of thioether (sulfide) groups is 1. The predicted octanol–water partition coefficient (Wildman–Crippen LogP) is 3.07. The summed E-state index contributed by atoms with van der Waals surface area (Å²) in [6.45, 7) is 5.43. The van der Waals surface area contributed by atoms with E-state index < -0.39 is 0 Å². The third-order valence-corrected chi connectivity index (χ3v) is 4.27. The summed E-state index contributed by atoms with van der Waals surface area (Å²) < 4.78 is 0. The molecule has 0 fully saturated rings. The lowest BCUT2D eigenvalue weighted by molar-refractivity contribution is 0.267. The maximum atomic E-state index is 6.24. The Balaban J connectivity index is 2.41. The molecule has 0 amide bonds. The van der Waals surface area contributed by atoms with Crippen molar-refractivity contribution in [1.82, 2.24) is 4.90 Å². The first-order chi connectivity index (χ1) is 8.54. The molecule has 0 bridgehead atoms.